The molecule has 0 aromatic heterocycles. The Kier molecular flexibility index (Phi) is 1.30. The van der Waals surface area contributed by atoms with Gasteiger partial charge in [0.25, 0.3) is 0 Å². The zero-order chi connectivity index (χ0) is 9.12. The predicted octanol–water partition coefficient (Wildman–Crippen LogP) is 3.37. The molecule has 0 saturated heterocycles. The van der Waals surface area contributed by atoms with E-state index >= 15 is 0 Å². The molecule has 0 N–H and O–H groups in total. The highest BCUT2D eigenvalue weighted by molar-refractivity contribution is 5.39. The van der Waals surface area contributed by atoms with E-state index in [0.717, 1.165) is 23.7 Å². The molecule has 3 aliphatic carbocycles. The number of hydrogen-bond acceptors (Lipinski definition) is 0. The van der Waals surface area contributed by atoms with Gasteiger partial charge >= 0.3 is 0 Å². The molecule has 0 nitrogen and oxygen atoms in total. The van der Waals surface area contributed by atoms with E-state index in [9.17, 15) is 0 Å². The van der Waals surface area contributed by atoms with Gasteiger partial charge in [0.1, 0.15) is 0 Å². The number of benzene rings is 1. The monoisotopic (exact) mass is 184 g/mol. The lowest BCUT2D eigenvalue weighted by Crippen LogP contribution is -2.16. The number of fused-ring (bicyclic) bond motifs is 7. The first kappa shape index (κ1) is 7.50. The van der Waals surface area contributed by atoms with E-state index in [1.165, 1.54) is 19.3 Å². The van der Waals surface area contributed by atoms with Gasteiger partial charge in [0.15, 0.2) is 0 Å². The number of hydrogen-bond donors (Lipinski definition) is 0. The van der Waals surface area contributed by atoms with Gasteiger partial charge in [-0.3, -0.25) is 0 Å². The first-order valence-corrected chi connectivity index (χ1v) is 6.01. The van der Waals surface area contributed by atoms with Crippen LogP contribution in [0.15, 0.2) is 24.3 Å². The Morgan fingerprint density at radius 2 is 1.86 bits per heavy atom. The molecule has 14 heavy (non-hydrogen) atoms. The standard InChI is InChI=1S/C14H16/c1-2-4-12-9(3-1)8-13-10-5-6-11(7-10)14(12)13/h1-4,10-11,13-14H,5-8H2/t10-,11+,13-,14-/m0/s1. The first-order chi connectivity index (χ1) is 6.93. The second-order valence-electron chi connectivity index (χ2n) is 5.43. The third-order valence-corrected chi connectivity index (χ3v) is 4.96. The van der Waals surface area contributed by atoms with E-state index in [4.69, 9.17) is 0 Å². The minimum atomic E-state index is 0.963. The summed E-state index contributed by atoms with van der Waals surface area (Å²) in [5.41, 5.74) is 3.38. The molecule has 0 heteroatoms. The molecule has 2 saturated carbocycles. The summed E-state index contributed by atoms with van der Waals surface area (Å²) >= 11 is 0. The summed E-state index contributed by atoms with van der Waals surface area (Å²) in [6.07, 6.45) is 5.98. The van der Waals surface area contributed by atoms with Gasteiger partial charge in [-0.1, -0.05) is 24.3 Å². The van der Waals surface area contributed by atoms with Gasteiger partial charge in [-0.05, 0) is 60.5 Å². The summed E-state index contributed by atoms with van der Waals surface area (Å²) in [4.78, 5) is 0. The molecule has 3 aliphatic rings. The van der Waals surface area contributed by atoms with Crippen LogP contribution in [0.3, 0.4) is 0 Å². The summed E-state index contributed by atoms with van der Waals surface area (Å²) in [6.45, 7) is 0. The largest absolute Gasteiger partial charge is 0.0620 e. The maximum atomic E-state index is 2.39. The molecule has 0 aliphatic heterocycles. The molecular formula is C14H16. The average Bonchev–Trinajstić information content (AvgIpc) is 2.88. The maximum absolute atomic E-state index is 2.39. The van der Waals surface area contributed by atoms with Crippen molar-refractivity contribution in [3.63, 3.8) is 0 Å². The molecule has 1 aromatic carbocycles. The van der Waals surface area contributed by atoms with Crippen LogP contribution in [0.25, 0.3) is 0 Å². The molecule has 1 aromatic rings. The third kappa shape index (κ3) is 0.762. The van der Waals surface area contributed by atoms with E-state index < -0.39 is 0 Å². The first-order valence-electron chi connectivity index (χ1n) is 6.01. The Balaban J connectivity index is 1.86. The second-order valence-corrected chi connectivity index (χ2v) is 5.43. The Labute approximate surface area is 85.3 Å². The lowest BCUT2D eigenvalue weighted by atomic mass is 9.80. The predicted molar refractivity (Wildman–Crippen MR) is 57.2 cm³/mol. The topological polar surface area (TPSA) is 0 Å². The SMILES string of the molecule is c1ccc2c(c1)C[C@H]1[C@H]3CC[C@H](C3)[C@@H]21. The summed E-state index contributed by atoms with van der Waals surface area (Å²) in [5, 5.41) is 0. The van der Waals surface area contributed by atoms with Crippen molar-refractivity contribution in [2.45, 2.75) is 31.6 Å². The van der Waals surface area contributed by atoms with Crippen molar-refractivity contribution in [3.05, 3.63) is 35.4 Å². The van der Waals surface area contributed by atoms with Crippen LogP contribution < -0.4 is 0 Å². The summed E-state index contributed by atoms with van der Waals surface area (Å²) < 4.78 is 0. The van der Waals surface area contributed by atoms with Gasteiger partial charge in [-0.2, -0.15) is 0 Å². The maximum Gasteiger partial charge on any atom is -0.00966 e. The van der Waals surface area contributed by atoms with Crippen molar-refractivity contribution in [2.75, 3.05) is 0 Å². The average molecular weight is 184 g/mol. The fraction of sp³-hybridized carbons (Fsp3) is 0.571. The smallest absolute Gasteiger partial charge is 0.00966 e. The van der Waals surface area contributed by atoms with Gasteiger partial charge < -0.3 is 0 Å². The summed E-state index contributed by atoms with van der Waals surface area (Å²) in [5.74, 6) is 4.13. The molecule has 4 rings (SSSR count). The Morgan fingerprint density at radius 1 is 1.00 bits per heavy atom. The summed E-state index contributed by atoms with van der Waals surface area (Å²) in [6, 6.07) is 9.18. The molecule has 0 heterocycles. The second kappa shape index (κ2) is 2.42. The van der Waals surface area contributed by atoms with Gasteiger partial charge in [0.2, 0.25) is 0 Å². The van der Waals surface area contributed by atoms with Crippen LogP contribution in [0.5, 0.6) is 0 Å². The van der Waals surface area contributed by atoms with Gasteiger partial charge in [0, 0.05) is 0 Å². The fourth-order valence-electron chi connectivity index (χ4n) is 4.49. The Hall–Kier alpha value is -0.780. The van der Waals surface area contributed by atoms with E-state index in [0.29, 0.717) is 0 Å². The van der Waals surface area contributed by atoms with Crippen LogP contribution >= 0.6 is 0 Å². The molecule has 0 unspecified atom stereocenters. The van der Waals surface area contributed by atoms with E-state index in [2.05, 4.69) is 24.3 Å². The normalized spacial score (nSPS) is 42.6. The quantitative estimate of drug-likeness (QED) is 0.580. The minimum Gasteiger partial charge on any atom is -0.0620 e. The van der Waals surface area contributed by atoms with Crippen LogP contribution in [-0.2, 0) is 6.42 Å². The van der Waals surface area contributed by atoms with Crippen LogP contribution in [0.1, 0.15) is 36.3 Å². The Bertz CT molecular complexity index is 379. The molecule has 4 atom stereocenters. The molecule has 0 spiro atoms. The van der Waals surface area contributed by atoms with E-state index in [1.807, 2.05) is 0 Å². The van der Waals surface area contributed by atoms with Gasteiger partial charge in [-0.15, -0.1) is 0 Å². The highest BCUT2D eigenvalue weighted by atomic mass is 14.6. The zero-order valence-electron chi connectivity index (χ0n) is 8.45. The van der Waals surface area contributed by atoms with Crippen LogP contribution in [0.4, 0.5) is 0 Å². The van der Waals surface area contributed by atoms with Crippen LogP contribution in [0, 0.1) is 17.8 Å². The van der Waals surface area contributed by atoms with Crippen molar-refractivity contribution in [1.29, 1.82) is 0 Å². The highest BCUT2D eigenvalue weighted by Crippen LogP contribution is 2.61. The van der Waals surface area contributed by atoms with Crippen molar-refractivity contribution in [3.8, 4) is 0 Å². The van der Waals surface area contributed by atoms with Crippen LogP contribution in [0.2, 0.25) is 0 Å². The highest BCUT2D eigenvalue weighted by Gasteiger charge is 2.51. The molecule has 0 amide bonds. The van der Waals surface area contributed by atoms with E-state index in [1.54, 1.807) is 17.5 Å². The Morgan fingerprint density at radius 3 is 2.86 bits per heavy atom. The van der Waals surface area contributed by atoms with Crippen molar-refractivity contribution in [2.24, 2.45) is 17.8 Å². The zero-order valence-corrected chi connectivity index (χ0v) is 8.45. The van der Waals surface area contributed by atoms with Crippen molar-refractivity contribution in [1.82, 2.24) is 0 Å². The van der Waals surface area contributed by atoms with Crippen molar-refractivity contribution < 1.29 is 0 Å². The van der Waals surface area contributed by atoms with Gasteiger partial charge in [-0.25, -0.2) is 0 Å². The molecule has 72 valence electrons. The number of rotatable bonds is 0. The minimum absolute atomic E-state index is 0.963. The lowest BCUT2D eigenvalue weighted by molar-refractivity contribution is 0.310. The molecule has 2 fully saturated rings. The van der Waals surface area contributed by atoms with Crippen molar-refractivity contribution >= 4 is 0 Å². The van der Waals surface area contributed by atoms with Gasteiger partial charge in [0.05, 0.1) is 0 Å². The van der Waals surface area contributed by atoms with Crippen LogP contribution in [-0.4, -0.2) is 0 Å². The third-order valence-electron chi connectivity index (χ3n) is 4.96. The summed E-state index contributed by atoms with van der Waals surface area (Å²) in [7, 11) is 0. The lowest BCUT2D eigenvalue weighted by Gasteiger charge is -2.24. The fourth-order valence-corrected chi connectivity index (χ4v) is 4.49. The van der Waals surface area contributed by atoms with E-state index in [-0.39, 0.29) is 0 Å². The molecule has 2 bridgehead atoms. The molecule has 0 radical (unpaired) electrons. The molecular weight excluding hydrogens is 168 g/mol.